The van der Waals surface area contributed by atoms with E-state index < -0.39 is 0 Å². The minimum atomic E-state index is -0.218. The minimum absolute atomic E-state index is 0.0409. The van der Waals surface area contributed by atoms with E-state index in [-0.39, 0.29) is 23.0 Å². The number of thiophene rings is 4. The van der Waals surface area contributed by atoms with Gasteiger partial charge < -0.3 is 9.80 Å². The highest BCUT2D eigenvalue weighted by molar-refractivity contribution is 7.40. The predicted octanol–water partition coefficient (Wildman–Crippen LogP) is 21.2. The van der Waals surface area contributed by atoms with E-state index in [1.165, 1.54) is 151 Å². The average Bonchev–Trinajstić information content (AvgIpc) is 4.45. The highest BCUT2D eigenvalue weighted by Crippen LogP contribution is 2.56. The first-order valence-corrected chi connectivity index (χ1v) is 31.7. The normalized spacial score (nSPS) is 13.4. The Hall–Kier alpha value is -7.52. The molecule has 2 nitrogen and oxygen atoms in total. The second-order valence-electron chi connectivity index (χ2n) is 25.3. The van der Waals surface area contributed by atoms with Crippen LogP contribution in [0, 0.1) is 0 Å². The van der Waals surface area contributed by atoms with Crippen molar-refractivity contribution in [3.63, 3.8) is 0 Å². The van der Waals surface area contributed by atoms with E-state index >= 15 is 0 Å². The van der Waals surface area contributed by atoms with Gasteiger partial charge in [-0.05, 0) is 132 Å². The van der Waals surface area contributed by atoms with Crippen molar-refractivity contribution in [3.05, 3.63) is 222 Å². The quantitative estimate of drug-likeness (QED) is 0.153. The fourth-order valence-electron chi connectivity index (χ4n) is 12.7. The molecule has 0 fully saturated rings. The number of rotatable bonds is 6. The van der Waals surface area contributed by atoms with E-state index in [1.54, 1.807) is 0 Å². The summed E-state index contributed by atoms with van der Waals surface area (Å²) in [6.45, 7) is 21.3. The third-order valence-electron chi connectivity index (χ3n) is 17.1. The number of benzene rings is 9. The van der Waals surface area contributed by atoms with Crippen LogP contribution in [-0.4, -0.2) is 6.71 Å². The Morgan fingerprint density at radius 2 is 0.728 bits per heavy atom. The molecule has 0 saturated carbocycles. The summed E-state index contributed by atoms with van der Waals surface area (Å²) in [5.41, 5.74) is 22.2. The molecule has 6 heterocycles. The molecule has 0 unspecified atom stereocenters. The molecular formula is C74H61BN2S4. The van der Waals surface area contributed by atoms with Gasteiger partial charge in [-0.3, -0.25) is 0 Å². The summed E-state index contributed by atoms with van der Waals surface area (Å²) < 4.78 is 8.01. The third kappa shape index (κ3) is 8.13. The lowest BCUT2D eigenvalue weighted by molar-refractivity contribution is 0.590. The topological polar surface area (TPSA) is 6.48 Å². The maximum atomic E-state index is 2.74. The zero-order valence-corrected chi connectivity index (χ0v) is 50.5. The van der Waals surface area contributed by atoms with E-state index in [1.807, 2.05) is 45.3 Å². The van der Waals surface area contributed by atoms with Gasteiger partial charge >= 0.3 is 0 Å². The van der Waals surface area contributed by atoms with Crippen molar-refractivity contribution in [3.8, 4) is 44.5 Å². The molecule has 0 amide bonds. The maximum absolute atomic E-state index is 2.74. The van der Waals surface area contributed by atoms with Gasteiger partial charge in [0.1, 0.15) is 0 Å². The summed E-state index contributed by atoms with van der Waals surface area (Å²) in [4.78, 5) is 5.48. The van der Waals surface area contributed by atoms with Crippen molar-refractivity contribution in [2.24, 2.45) is 0 Å². The predicted molar refractivity (Wildman–Crippen MR) is 360 cm³/mol. The Bertz CT molecular complexity index is 4380. The summed E-state index contributed by atoms with van der Waals surface area (Å²) in [6.07, 6.45) is 0. The fraction of sp³-hybridized carbons (Fsp3) is 0.162. The van der Waals surface area contributed by atoms with Crippen LogP contribution >= 0.6 is 45.3 Å². The molecule has 4 aromatic heterocycles. The molecule has 0 radical (unpaired) electrons. The van der Waals surface area contributed by atoms with Crippen LogP contribution in [0.15, 0.2) is 205 Å². The minimum Gasteiger partial charge on any atom is -0.309 e. The van der Waals surface area contributed by atoms with Crippen molar-refractivity contribution >= 4 is 142 Å². The van der Waals surface area contributed by atoms with Gasteiger partial charge in [0, 0.05) is 83.5 Å². The van der Waals surface area contributed by atoms with Crippen molar-refractivity contribution in [2.75, 3.05) is 9.80 Å². The molecule has 13 aromatic rings. The molecule has 7 heteroatoms. The molecule has 0 atom stereocenters. The van der Waals surface area contributed by atoms with Gasteiger partial charge in [0.2, 0.25) is 0 Å². The third-order valence-corrected chi connectivity index (χ3v) is 21.5. The second-order valence-corrected chi connectivity index (χ2v) is 29.3. The van der Waals surface area contributed by atoms with E-state index in [0.717, 1.165) is 0 Å². The molecule has 0 aliphatic carbocycles. The van der Waals surface area contributed by atoms with Gasteiger partial charge in [-0.25, -0.2) is 0 Å². The molecular weight excluding hydrogens is 1060 g/mol. The summed E-state index contributed by atoms with van der Waals surface area (Å²) in [5.74, 6) is 0. The van der Waals surface area contributed by atoms with Gasteiger partial charge in [-0.2, -0.15) is 0 Å². The molecule has 81 heavy (non-hydrogen) atoms. The number of hydrogen-bond donors (Lipinski definition) is 0. The Morgan fingerprint density at radius 1 is 0.321 bits per heavy atom. The summed E-state index contributed by atoms with van der Waals surface area (Å²) in [6, 6.07) is 74.5. The number of hydrogen-bond acceptors (Lipinski definition) is 6. The van der Waals surface area contributed by atoms with E-state index in [0.29, 0.717) is 0 Å². The van der Waals surface area contributed by atoms with Crippen LogP contribution in [0.3, 0.4) is 0 Å². The van der Waals surface area contributed by atoms with Gasteiger partial charge in [0.25, 0.3) is 6.71 Å². The standard InChI is InChI=1S/C74H61BN2S4/c1-72(2,3)48-30-34-65-55(38-48)68-70(80-65)75-67-61(76(68)59-36-46(28-32-51(59)44-20-12-10-13-21-44)57-42-78-63-26-18-16-24-53(57)63)40-50(74(7,8)9)41-62(67)77(69-56-39-49(73(4,5)6)31-35-66(56)81-71(69)75)60-37-47(29-33-52(60)45-22-14-11-15-23-45)58-43-79-64-27-19-17-25-54(58)64/h10-43H,1-9H3. The molecule has 0 bridgehead atoms. The fourth-order valence-corrected chi connectivity index (χ4v) is 17.3. The monoisotopic (exact) mass is 1120 g/mol. The smallest absolute Gasteiger partial charge is 0.277 e. The largest absolute Gasteiger partial charge is 0.309 e. The zero-order valence-electron chi connectivity index (χ0n) is 47.2. The van der Waals surface area contributed by atoms with Gasteiger partial charge in [0.05, 0.1) is 22.7 Å². The summed E-state index contributed by atoms with van der Waals surface area (Å²) in [5, 5.41) is 9.93. The summed E-state index contributed by atoms with van der Waals surface area (Å²) >= 11 is 7.67. The van der Waals surface area contributed by atoms with Crippen LogP contribution in [0.1, 0.15) is 79.0 Å². The first kappa shape index (κ1) is 50.4. The molecule has 2 aliphatic heterocycles. The average molecular weight is 1120 g/mol. The Kier molecular flexibility index (Phi) is 11.5. The molecule has 394 valence electrons. The van der Waals surface area contributed by atoms with Crippen LogP contribution < -0.4 is 24.8 Å². The number of nitrogens with zero attached hydrogens (tertiary/aromatic N) is 2. The van der Waals surface area contributed by atoms with Gasteiger partial charge in [-0.15, -0.1) is 45.3 Å². The van der Waals surface area contributed by atoms with Crippen LogP contribution in [0.25, 0.3) is 84.9 Å². The number of anilines is 6. The zero-order chi connectivity index (χ0) is 55.3. The highest BCUT2D eigenvalue weighted by atomic mass is 32.1. The maximum Gasteiger partial charge on any atom is 0.277 e. The van der Waals surface area contributed by atoms with Gasteiger partial charge in [0.15, 0.2) is 0 Å². The first-order chi connectivity index (χ1) is 39.1. The molecule has 9 aromatic carbocycles. The lowest BCUT2D eigenvalue weighted by Crippen LogP contribution is -2.59. The van der Waals surface area contributed by atoms with Crippen molar-refractivity contribution < 1.29 is 0 Å². The summed E-state index contributed by atoms with van der Waals surface area (Å²) in [7, 11) is 0. The van der Waals surface area contributed by atoms with E-state index in [2.05, 4.69) is 277 Å². The van der Waals surface area contributed by atoms with Gasteiger partial charge in [-0.1, -0.05) is 196 Å². The van der Waals surface area contributed by atoms with Crippen LogP contribution in [-0.2, 0) is 16.2 Å². The number of fused-ring (bicyclic) bond motifs is 10. The SMILES string of the molecule is CC(C)(C)c1cc2c3c(c1)N(c1cc(-c4csc5ccccc45)ccc1-c1ccccc1)c1c(sc4ccc(C(C)(C)C)cc14)B3c1sc3ccc(C(C)(C)C)cc3c1N2c1cc(-c2csc3ccccc23)ccc1-c1ccccc1. The van der Waals surface area contributed by atoms with Crippen molar-refractivity contribution in [1.29, 1.82) is 0 Å². The molecule has 2 aliphatic rings. The van der Waals surface area contributed by atoms with Crippen LogP contribution in [0.2, 0.25) is 0 Å². The molecule has 0 N–H and O–H groups in total. The molecule has 0 spiro atoms. The van der Waals surface area contributed by atoms with E-state index in [9.17, 15) is 0 Å². The lowest BCUT2D eigenvalue weighted by atomic mass is 9.39. The highest BCUT2D eigenvalue weighted by Gasteiger charge is 2.48. The van der Waals surface area contributed by atoms with Crippen LogP contribution in [0.5, 0.6) is 0 Å². The Morgan fingerprint density at radius 3 is 1.15 bits per heavy atom. The molecule has 15 rings (SSSR count). The van der Waals surface area contributed by atoms with Crippen molar-refractivity contribution in [2.45, 2.75) is 78.6 Å². The molecule has 0 saturated heterocycles. The van der Waals surface area contributed by atoms with Crippen LogP contribution in [0.4, 0.5) is 34.1 Å². The Labute approximate surface area is 492 Å². The first-order valence-electron chi connectivity index (χ1n) is 28.3. The second kappa shape index (κ2) is 18.5. The van der Waals surface area contributed by atoms with Crippen molar-refractivity contribution in [1.82, 2.24) is 0 Å². The lowest BCUT2D eigenvalue weighted by Gasteiger charge is -2.44. The Balaban J connectivity index is 1.11. The van der Waals surface area contributed by atoms with E-state index in [4.69, 9.17) is 0 Å².